The fraction of sp³-hybridized carbons (Fsp3) is 0.667. The summed E-state index contributed by atoms with van der Waals surface area (Å²) < 4.78 is 19.4. The molecule has 1 atom stereocenters. The van der Waals surface area contributed by atoms with E-state index in [9.17, 15) is 14.5 Å². The molecule has 7 nitrogen and oxygen atoms in total. The van der Waals surface area contributed by atoms with Crippen LogP contribution in [0, 0.1) is 0 Å². The first-order valence-corrected chi connectivity index (χ1v) is 11.9. The van der Waals surface area contributed by atoms with E-state index in [4.69, 9.17) is 14.5 Å². The Balaban J connectivity index is 3.55. The summed E-state index contributed by atoms with van der Waals surface area (Å²) in [4.78, 5) is 28.5. The minimum atomic E-state index is -4.63. The Kier molecular flexibility index (Phi) is 18.0. The zero-order valence-electron chi connectivity index (χ0n) is 17.4. The molecule has 0 heterocycles. The second-order valence-electron chi connectivity index (χ2n) is 6.75. The summed E-state index contributed by atoms with van der Waals surface area (Å²) in [5.74, 6) is -0.449. The first-order valence-electron chi connectivity index (χ1n) is 10.3. The van der Waals surface area contributed by atoms with E-state index >= 15 is 0 Å². The molecule has 0 bridgehead atoms. The quantitative estimate of drug-likeness (QED) is 0.126. The maximum atomic E-state index is 11.5. The lowest BCUT2D eigenvalue weighted by molar-refractivity contribution is -0.147. The van der Waals surface area contributed by atoms with Gasteiger partial charge in [-0.25, -0.2) is 4.57 Å². The largest absolute Gasteiger partial charge is 0.469 e. The Bertz CT molecular complexity index is 537. The molecule has 0 aromatic rings. The molecule has 0 aromatic heterocycles. The molecule has 0 amide bonds. The maximum Gasteiger partial charge on any atom is 0.469 e. The standard InChI is InChI=1S/C21H37O7P/c1-2-3-4-5-6-7-8-9-10-11-12-13-14-15-16-17-21(23)27-18-20(22)19-28-29(24,25)26/h6-7,9-10,12-13,20,22H,2-5,8,11,14-19H2,1H3,(H2,24,25,26)/b7-6-,10-9-,13-12-/t20-/m1/s1. The summed E-state index contributed by atoms with van der Waals surface area (Å²) in [6, 6.07) is 0. The summed E-state index contributed by atoms with van der Waals surface area (Å²) in [5, 5.41) is 9.40. The summed E-state index contributed by atoms with van der Waals surface area (Å²) in [6.45, 7) is 1.27. The van der Waals surface area contributed by atoms with E-state index in [-0.39, 0.29) is 13.0 Å². The van der Waals surface area contributed by atoms with Gasteiger partial charge in [0.05, 0.1) is 6.61 Å². The molecular weight excluding hydrogens is 395 g/mol. The van der Waals surface area contributed by atoms with Gasteiger partial charge in [0.2, 0.25) is 0 Å². The third kappa shape index (κ3) is 22.9. The molecule has 0 saturated carbocycles. The van der Waals surface area contributed by atoms with Gasteiger partial charge >= 0.3 is 13.8 Å². The zero-order chi connectivity index (χ0) is 21.8. The Morgan fingerprint density at radius 3 is 2.00 bits per heavy atom. The van der Waals surface area contributed by atoms with E-state index in [2.05, 4.69) is 47.9 Å². The van der Waals surface area contributed by atoms with Gasteiger partial charge in [0.15, 0.2) is 0 Å². The van der Waals surface area contributed by atoms with Crippen molar-refractivity contribution in [2.24, 2.45) is 0 Å². The van der Waals surface area contributed by atoms with Crippen LogP contribution in [0.4, 0.5) is 0 Å². The van der Waals surface area contributed by atoms with Crippen molar-refractivity contribution in [1.29, 1.82) is 0 Å². The lowest BCUT2D eigenvalue weighted by Crippen LogP contribution is -2.23. The first-order chi connectivity index (χ1) is 13.8. The van der Waals surface area contributed by atoms with Crippen LogP contribution >= 0.6 is 7.82 Å². The molecule has 0 aliphatic rings. The molecule has 0 aliphatic heterocycles. The van der Waals surface area contributed by atoms with E-state index < -0.39 is 26.5 Å². The molecule has 0 saturated heterocycles. The second-order valence-corrected chi connectivity index (χ2v) is 7.99. The number of aliphatic hydroxyl groups excluding tert-OH is 1. The van der Waals surface area contributed by atoms with Crippen LogP contribution in [0.2, 0.25) is 0 Å². The van der Waals surface area contributed by atoms with Gasteiger partial charge in [0.25, 0.3) is 0 Å². The summed E-state index contributed by atoms with van der Waals surface area (Å²) in [7, 11) is -4.63. The number of carbonyl (C=O) groups excluding carboxylic acids is 1. The minimum absolute atomic E-state index is 0.240. The highest BCUT2D eigenvalue weighted by atomic mass is 31.2. The molecule has 168 valence electrons. The van der Waals surface area contributed by atoms with Crippen molar-refractivity contribution in [3.8, 4) is 0 Å². The molecule has 0 unspecified atom stereocenters. The van der Waals surface area contributed by atoms with Crippen LogP contribution < -0.4 is 0 Å². The number of hydrogen-bond donors (Lipinski definition) is 3. The van der Waals surface area contributed by atoms with Gasteiger partial charge < -0.3 is 19.6 Å². The number of unbranched alkanes of at least 4 members (excludes halogenated alkanes) is 5. The number of phosphoric ester groups is 1. The van der Waals surface area contributed by atoms with Gasteiger partial charge in [-0.1, -0.05) is 56.2 Å². The fourth-order valence-electron chi connectivity index (χ4n) is 2.31. The van der Waals surface area contributed by atoms with Crippen molar-refractivity contribution in [2.75, 3.05) is 13.2 Å². The normalized spacial score (nSPS) is 13.7. The average molecular weight is 432 g/mol. The Morgan fingerprint density at radius 2 is 1.45 bits per heavy atom. The number of allylic oxidation sites excluding steroid dienone is 6. The Hall–Kier alpha value is -1.24. The second kappa shape index (κ2) is 18.8. The van der Waals surface area contributed by atoms with Crippen LogP contribution in [0.5, 0.6) is 0 Å². The van der Waals surface area contributed by atoms with Crippen LogP contribution in [0.25, 0.3) is 0 Å². The van der Waals surface area contributed by atoms with Crippen LogP contribution in [-0.4, -0.2) is 40.2 Å². The highest BCUT2D eigenvalue weighted by Crippen LogP contribution is 2.35. The van der Waals surface area contributed by atoms with Crippen LogP contribution in [-0.2, 0) is 18.6 Å². The first kappa shape index (κ1) is 27.8. The van der Waals surface area contributed by atoms with E-state index in [1.807, 2.05) is 0 Å². The van der Waals surface area contributed by atoms with Gasteiger partial charge in [-0.3, -0.25) is 9.32 Å². The third-order valence-corrected chi connectivity index (χ3v) is 4.38. The number of aliphatic hydroxyl groups is 1. The van der Waals surface area contributed by atoms with Crippen molar-refractivity contribution >= 4 is 13.8 Å². The van der Waals surface area contributed by atoms with E-state index in [0.717, 1.165) is 25.7 Å². The monoisotopic (exact) mass is 432 g/mol. The summed E-state index contributed by atoms with van der Waals surface area (Å²) in [5.41, 5.74) is 0. The molecule has 0 aliphatic carbocycles. The molecule has 0 fully saturated rings. The molecule has 0 spiro atoms. The van der Waals surface area contributed by atoms with Crippen molar-refractivity contribution in [3.05, 3.63) is 36.5 Å². The topological polar surface area (TPSA) is 113 Å². The summed E-state index contributed by atoms with van der Waals surface area (Å²) >= 11 is 0. The number of esters is 1. The van der Waals surface area contributed by atoms with Crippen molar-refractivity contribution < 1.29 is 33.5 Å². The average Bonchev–Trinajstić information content (AvgIpc) is 2.67. The highest BCUT2D eigenvalue weighted by molar-refractivity contribution is 7.46. The highest BCUT2D eigenvalue weighted by Gasteiger charge is 2.17. The maximum absolute atomic E-state index is 11.5. The SMILES string of the molecule is CCCCC/C=C\C/C=C\C/C=C\CCCCC(=O)OC[C@@H](O)COP(=O)(O)O. The van der Waals surface area contributed by atoms with Crippen LogP contribution in [0.1, 0.15) is 71.1 Å². The summed E-state index contributed by atoms with van der Waals surface area (Å²) in [6.07, 6.45) is 21.2. The molecular formula is C21H37O7P. The van der Waals surface area contributed by atoms with Gasteiger partial charge in [0, 0.05) is 6.42 Å². The molecule has 8 heteroatoms. The van der Waals surface area contributed by atoms with E-state index in [0.29, 0.717) is 6.42 Å². The van der Waals surface area contributed by atoms with Crippen molar-refractivity contribution in [1.82, 2.24) is 0 Å². The molecule has 0 radical (unpaired) electrons. The molecule has 0 aromatic carbocycles. The third-order valence-electron chi connectivity index (χ3n) is 3.89. The Labute approximate surface area is 174 Å². The van der Waals surface area contributed by atoms with Gasteiger partial charge in [0.1, 0.15) is 12.7 Å². The van der Waals surface area contributed by atoms with Crippen LogP contribution in [0.3, 0.4) is 0 Å². The number of phosphoric acid groups is 1. The molecule has 0 rings (SSSR count). The zero-order valence-corrected chi connectivity index (χ0v) is 18.3. The van der Waals surface area contributed by atoms with Gasteiger partial charge in [-0.15, -0.1) is 0 Å². The van der Waals surface area contributed by atoms with E-state index in [1.54, 1.807) is 0 Å². The number of rotatable bonds is 18. The van der Waals surface area contributed by atoms with Gasteiger partial charge in [-0.05, 0) is 44.9 Å². The number of ether oxygens (including phenoxy) is 1. The smallest absolute Gasteiger partial charge is 0.463 e. The predicted octanol–water partition coefficient (Wildman–Crippen LogP) is 4.59. The van der Waals surface area contributed by atoms with Crippen LogP contribution in [0.15, 0.2) is 36.5 Å². The van der Waals surface area contributed by atoms with Crippen molar-refractivity contribution in [3.63, 3.8) is 0 Å². The lowest BCUT2D eigenvalue weighted by atomic mass is 10.1. The Morgan fingerprint density at radius 1 is 0.897 bits per heavy atom. The minimum Gasteiger partial charge on any atom is -0.463 e. The molecule has 3 N–H and O–H groups in total. The lowest BCUT2D eigenvalue weighted by Gasteiger charge is -2.12. The van der Waals surface area contributed by atoms with E-state index in [1.165, 1.54) is 25.7 Å². The number of hydrogen-bond acceptors (Lipinski definition) is 5. The van der Waals surface area contributed by atoms with Crippen molar-refractivity contribution in [2.45, 2.75) is 77.2 Å². The fourth-order valence-corrected chi connectivity index (χ4v) is 2.68. The van der Waals surface area contributed by atoms with Gasteiger partial charge in [-0.2, -0.15) is 0 Å². The predicted molar refractivity (Wildman–Crippen MR) is 114 cm³/mol. The number of carbonyl (C=O) groups is 1. The molecule has 29 heavy (non-hydrogen) atoms.